The third-order valence-corrected chi connectivity index (χ3v) is 6.45. The van der Waals surface area contributed by atoms with Crippen molar-refractivity contribution in [2.24, 2.45) is 4.99 Å². The first kappa shape index (κ1) is 25.6. The molecule has 7 heteroatoms. The molecular weight excluding hydrogens is 428 g/mol. The Kier molecular flexibility index (Phi) is 8.96. The molecule has 1 aliphatic rings. The van der Waals surface area contributed by atoms with Gasteiger partial charge in [0.15, 0.2) is 6.10 Å². The first-order valence-corrected chi connectivity index (χ1v) is 11.9. The minimum absolute atomic E-state index is 0.208. The number of allylic oxidation sites excluding steroid dienone is 3. The summed E-state index contributed by atoms with van der Waals surface area (Å²) in [5.74, 6) is -0.201. The van der Waals surface area contributed by atoms with Gasteiger partial charge in [0.1, 0.15) is 0 Å². The van der Waals surface area contributed by atoms with Crippen LogP contribution in [0.15, 0.2) is 47.1 Å². The Morgan fingerprint density at radius 1 is 1.26 bits per heavy atom. The van der Waals surface area contributed by atoms with Gasteiger partial charge in [-0.25, -0.2) is 0 Å². The van der Waals surface area contributed by atoms with E-state index in [1.54, 1.807) is 4.90 Å². The number of benzene rings is 1. The number of carbonyl (C=O) groups is 1. The van der Waals surface area contributed by atoms with Crippen molar-refractivity contribution in [1.29, 1.82) is 0 Å². The molecule has 1 aromatic heterocycles. The van der Waals surface area contributed by atoms with Gasteiger partial charge >= 0.3 is 0 Å². The Hall–Kier alpha value is -3.03. The van der Waals surface area contributed by atoms with Crippen LogP contribution < -0.4 is 0 Å². The lowest BCUT2D eigenvalue weighted by molar-refractivity contribution is -0.143. The SMILES string of the molecule is CCC(C)=CN=C/C=C(\C)c1c(-c2ccc(C)cc2)n[nH]c1C1CCN(C(=O)C(O)CO)CC1. The highest BCUT2D eigenvalue weighted by molar-refractivity contribution is 5.89. The summed E-state index contributed by atoms with van der Waals surface area (Å²) in [7, 11) is 0. The molecule has 1 saturated heterocycles. The van der Waals surface area contributed by atoms with Crippen LogP contribution in [0.5, 0.6) is 0 Å². The summed E-state index contributed by atoms with van der Waals surface area (Å²) >= 11 is 0. The van der Waals surface area contributed by atoms with E-state index in [9.17, 15) is 9.90 Å². The first-order chi connectivity index (χ1) is 16.3. The maximum Gasteiger partial charge on any atom is 0.253 e. The fraction of sp³-hybridized carbons (Fsp3) is 0.444. The second-order valence-corrected chi connectivity index (χ2v) is 9.00. The van der Waals surface area contributed by atoms with Gasteiger partial charge in [0.25, 0.3) is 5.91 Å². The minimum atomic E-state index is -1.35. The largest absolute Gasteiger partial charge is 0.393 e. The number of nitrogens with zero attached hydrogens (tertiary/aromatic N) is 3. The van der Waals surface area contributed by atoms with Crippen LogP contribution in [0.1, 0.15) is 62.8 Å². The second-order valence-electron chi connectivity index (χ2n) is 9.00. The number of amides is 1. The lowest BCUT2D eigenvalue weighted by atomic mass is 9.87. The molecular formula is C27H36N4O3. The summed E-state index contributed by atoms with van der Waals surface area (Å²) in [6, 6.07) is 8.35. The van der Waals surface area contributed by atoms with E-state index in [2.05, 4.69) is 62.1 Å². The molecule has 3 N–H and O–H groups in total. The highest BCUT2D eigenvalue weighted by Crippen LogP contribution is 2.37. The van der Waals surface area contributed by atoms with Gasteiger partial charge in [0.2, 0.25) is 0 Å². The monoisotopic (exact) mass is 464 g/mol. The zero-order valence-electron chi connectivity index (χ0n) is 20.6. The predicted molar refractivity (Wildman–Crippen MR) is 137 cm³/mol. The van der Waals surface area contributed by atoms with E-state index < -0.39 is 18.6 Å². The van der Waals surface area contributed by atoms with Gasteiger partial charge in [-0.05, 0) is 51.7 Å². The molecule has 0 saturated carbocycles. The maximum absolute atomic E-state index is 12.2. The van der Waals surface area contributed by atoms with Crippen LogP contribution >= 0.6 is 0 Å². The van der Waals surface area contributed by atoms with Crippen molar-refractivity contribution >= 4 is 17.7 Å². The number of piperidine rings is 1. The number of aromatic nitrogens is 2. The zero-order chi connectivity index (χ0) is 24.7. The van der Waals surface area contributed by atoms with Crippen molar-refractivity contribution in [1.82, 2.24) is 15.1 Å². The molecule has 0 spiro atoms. The van der Waals surface area contributed by atoms with Crippen LogP contribution in [0, 0.1) is 6.92 Å². The van der Waals surface area contributed by atoms with E-state index in [0.29, 0.717) is 13.1 Å². The number of aliphatic imine (C=N–C) groups is 1. The van der Waals surface area contributed by atoms with Gasteiger partial charge in [-0.1, -0.05) is 42.3 Å². The number of aryl methyl sites for hydroxylation is 1. The molecule has 1 amide bonds. The number of aromatic amines is 1. The molecule has 1 fully saturated rings. The number of carbonyl (C=O) groups excluding carboxylic acids is 1. The molecule has 1 atom stereocenters. The number of aliphatic hydroxyl groups is 2. The Morgan fingerprint density at radius 2 is 1.94 bits per heavy atom. The summed E-state index contributed by atoms with van der Waals surface area (Å²) in [6.45, 7) is 8.82. The Balaban J connectivity index is 1.90. The van der Waals surface area contributed by atoms with E-state index >= 15 is 0 Å². The van der Waals surface area contributed by atoms with E-state index in [0.717, 1.165) is 47.4 Å². The van der Waals surface area contributed by atoms with E-state index in [4.69, 9.17) is 10.2 Å². The van der Waals surface area contributed by atoms with Crippen molar-refractivity contribution in [2.75, 3.05) is 19.7 Å². The number of nitrogens with one attached hydrogen (secondary N) is 1. The van der Waals surface area contributed by atoms with Crippen molar-refractivity contribution in [3.8, 4) is 11.3 Å². The maximum atomic E-state index is 12.2. The van der Waals surface area contributed by atoms with Crippen LogP contribution in [0.2, 0.25) is 0 Å². The van der Waals surface area contributed by atoms with Crippen molar-refractivity contribution in [3.63, 3.8) is 0 Å². The quantitative estimate of drug-likeness (QED) is 0.509. The van der Waals surface area contributed by atoms with Gasteiger partial charge in [0, 0.05) is 48.2 Å². The molecule has 1 aromatic carbocycles. The normalized spacial score (nSPS) is 16.9. The molecule has 3 rings (SSSR count). The average molecular weight is 465 g/mol. The van der Waals surface area contributed by atoms with Crippen molar-refractivity contribution < 1.29 is 15.0 Å². The van der Waals surface area contributed by atoms with E-state index in [1.165, 1.54) is 11.1 Å². The molecule has 0 aliphatic carbocycles. The van der Waals surface area contributed by atoms with Crippen LogP contribution in [0.25, 0.3) is 16.8 Å². The summed E-state index contributed by atoms with van der Waals surface area (Å²) < 4.78 is 0. The van der Waals surface area contributed by atoms with Crippen molar-refractivity contribution in [3.05, 3.63) is 58.9 Å². The topological polar surface area (TPSA) is 102 Å². The summed E-state index contributed by atoms with van der Waals surface area (Å²) in [4.78, 5) is 18.3. The average Bonchev–Trinajstić information content (AvgIpc) is 3.31. The van der Waals surface area contributed by atoms with E-state index in [-0.39, 0.29) is 5.92 Å². The third kappa shape index (κ3) is 6.10. The number of aliphatic hydroxyl groups excluding tert-OH is 2. The lowest BCUT2D eigenvalue weighted by Gasteiger charge is -2.33. The molecule has 2 heterocycles. The predicted octanol–water partition coefficient (Wildman–Crippen LogP) is 4.23. The zero-order valence-corrected chi connectivity index (χ0v) is 20.6. The van der Waals surface area contributed by atoms with Gasteiger partial charge in [-0.2, -0.15) is 5.10 Å². The van der Waals surface area contributed by atoms with Crippen LogP contribution in [0.3, 0.4) is 0 Å². The standard InChI is InChI=1S/C27H36N4O3/c1-5-18(2)16-28-13-10-20(4)24-25(21-8-6-19(3)7-9-21)29-30-26(24)22-11-14-31(15-12-22)27(34)23(33)17-32/h6-10,13,16,22-23,32-33H,5,11-12,14-15,17H2,1-4H3,(H,29,30)/b18-16?,20-10+,28-13?. The number of likely N-dealkylation sites (tertiary alicyclic amines) is 1. The Labute approximate surface area is 201 Å². The molecule has 182 valence electrons. The van der Waals surface area contributed by atoms with Gasteiger partial charge in [-0.15, -0.1) is 0 Å². The van der Waals surface area contributed by atoms with Crippen LogP contribution in [0.4, 0.5) is 0 Å². The molecule has 1 aliphatic heterocycles. The van der Waals surface area contributed by atoms with E-state index in [1.807, 2.05) is 18.5 Å². The number of H-pyrrole nitrogens is 1. The first-order valence-electron chi connectivity index (χ1n) is 11.9. The summed E-state index contributed by atoms with van der Waals surface area (Å²) in [5.41, 5.74) is 7.58. The fourth-order valence-electron chi connectivity index (χ4n) is 4.15. The van der Waals surface area contributed by atoms with Gasteiger partial charge in [0.05, 0.1) is 12.3 Å². The molecule has 0 radical (unpaired) electrons. The van der Waals surface area contributed by atoms with Crippen LogP contribution in [-0.2, 0) is 4.79 Å². The van der Waals surface area contributed by atoms with Crippen LogP contribution in [-0.4, -0.2) is 63.2 Å². The highest BCUT2D eigenvalue weighted by Gasteiger charge is 2.30. The number of hydrogen-bond donors (Lipinski definition) is 3. The fourth-order valence-corrected chi connectivity index (χ4v) is 4.15. The number of hydrogen-bond acceptors (Lipinski definition) is 5. The molecule has 0 bridgehead atoms. The third-order valence-electron chi connectivity index (χ3n) is 6.45. The van der Waals surface area contributed by atoms with Crippen molar-refractivity contribution in [2.45, 2.75) is 59.0 Å². The van der Waals surface area contributed by atoms with Gasteiger partial charge < -0.3 is 15.1 Å². The minimum Gasteiger partial charge on any atom is -0.393 e. The molecule has 2 aromatic rings. The summed E-state index contributed by atoms with van der Waals surface area (Å²) in [5, 5.41) is 26.8. The Bertz CT molecular complexity index is 1060. The Morgan fingerprint density at radius 3 is 2.56 bits per heavy atom. The highest BCUT2D eigenvalue weighted by atomic mass is 16.3. The molecule has 7 nitrogen and oxygen atoms in total. The summed E-state index contributed by atoms with van der Waals surface area (Å²) in [6.07, 6.45) is 6.86. The molecule has 34 heavy (non-hydrogen) atoms. The second kappa shape index (κ2) is 11.9. The van der Waals surface area contributed by atoms with Gasteiger partial charge in [-0.3, -0.25) is 14.9 Å². The number of rotatable bonds is 8. The lowest BCUT2D eigenvalue weighted by Crippen LogP contribution is -2.44. The smallest absolute Gasteiger partial charge is 0.253 e. The molecule has 1 unspecified atom stereocenters.